The highest BCUT2D eigenvalue weighted by Gasteiger charge is 2.04. The van der Waals surface area contributed by atoms with Gasteiger partial charge in [0.05, 0.1) is 17.8 Å². The molecule has 0 radical (unpaired) electrons. The van der Waals surface area contributed by atoms with Crippen LogP contribution in [0.4, 0.5) is 5.69 Å². The fourth-order valence-corrected chi connectivity index (χ4v) is 1.51. The maximum atomic E-state index is 5.76. The molecule has 0 spiro atoms. The van der Waals surface area contributed by atoms with Gasteiger partial charge >= 0.3 is 0 Å². The molecule has 0 unspecified atom stereocenters. The van der Waals surface area contributed by atoms with Gasteiger partial charge in [-0.1, -0.05) is 27.5 Å². The lowest BCUT2D eigenvalue weighted by atomic mass is 10.3. The Morgan fingerprint density at radius 3 is 2.73 bits per heavy atom. The molecule has 0 aliphatic rings. The van der Waals surface area contributed by atoms with Gasteiger partial charge in [-0.15, -0.1) is 0 Å². The minimum atomic E-state index is 0.470. The lowest BCUT2D eigenvalue weighted by Gasteiger charge is -2.05. The molecular weight excluding hydrogens is 229 g/mol. The normalized spacial score (nSPS) is 9.73. The molecule has 4 heteroatoms. The molecule has 2 nitrogen and oxygen atoms in total. The van der Waals surface area contributed by atoms with Crippen molar-refractivity contribution in [2.45, 2.75) is 0 Å². The minimum Gasteiger partial charge on any atom is -0.495 e. The van der Waals surface area contributed by atoms with E-state index in [1.807, 2.05) is 0 Å². The van der Waals surface area contributed by atoms with E-state index in [-0.39, 0.29) is 0 Å². The Bertz CT molecular complexity index is 277. The number of nitrogen functional groups attached to an aromatic ring is 1. The summed E-state index contributed by atoms with van der Waals surface area (Å²) in [7, 11) is 1.55. The third-order valence-electron chi connectivity index (χ3n) is 1.28. The van der Waals surface area contributed by atoms with Gasteiger partial charge in [0.2, 0.25) is 0 Å². The van der Waals surface area contributed by atoms with Crippen LogP contribution >= 0.6 is 27.5 Å². The van der Waals surface area contributed by atoms with E-state index in [0.717, 1.165) is 4.47 Å². The summed E-state index contributed by atoms with van der Waals surface area (Å²) in [4.78, 5) is 0. The fraction of sp³-hybridized carbons (Fsp3) is 0.143. The average molecular weight is 236 g/mol. The monoisotopic (exact) mass is 235 g/mol. The van der Waals surface area contributed by atoms with Crippen molar-refractivity contribution in [1.82, 2.24) is 0 Å². The molecule has 0 amide bonds. The van der Waals surface area contributed by atoms with Gasteiger partial charge in [0.25, 0.3) is 0 Å². The number of anilines is 1. The van der Waals surface area contributed by atoms with Crippen LogP contribution < -0.4 is 10.5 Å². The summed E-state index contributed by atoms with van der Waals surface area (Å²) in [6.07, 6.45) is 0. The SMILES string of the molecule is COc1cc(Br)cc(Cl)c1N. The topological polar surface area (TPSA) is 35.2 Å². The standard InChI is InChI=1S/C7H7BrClNO/c1-11-6-3-4(8)2-5(9)7(6)10/h2-3H,10H2,1H3. The van der Waals surface area contributed by atoms with E-state index in [1.165, 1.54) is 0 Å². The van der Waals surface area contributed by atoms with Crippen molar-refractivity contribution in [2.24, 2.45) is 0 Å². The molecule has 60 valence electrons. The first-order chi connectivity index (χ1) is 5.15. The third kappa shape index (κ3) is 1.79. The zero-order chi connectivity index (χ0) is 8.43. The zero-order valence-electron chi connectivity index (χ0n) is 5.90. The number of nitrogens with two attached hydrogens (primary N) is 1. The second-order valence-corrected chi connectivity index (χ2v) is 3.33. The molecule has 11 heavy (non-hydrogen) atoms. The van der Waals surface area contributed by atoms with E-state index >= 15 is 0 Å². The van der Waals surface area contributed by atoms with Gasteiger partial charge in [0, 0.05) is 4.47 Å². The summed E-state index contributed by atoms with van der Waals surface area (Å²) < 4.78 is 5.82. The minimum absolute atomic E-state index is 0.470. The largest absolute Gasteiger partial charge is 0.495 e. The van der Waals surface area contributed by atoms with E-state index in [1.54, 1.807) is 19.2 Å². The molecule has 0 saturated carbocycles. The molecule has 0 bridgehead atoms. The van der Waals surface area contributed by atoms with E-state index in [2.05, 4.69) is 15.9 Å². The number of hydrogen-bond acceptors (Lipinski definition) is 2. The highest BCUT2D eigenvalue weighted by Crippen LogP contribution is 2.32. The van der Waals surface area contributed by atoms with Crippen molar-refractivity contribution in [3.8, 4) is 5.75 Å². The second kappa shape index (κ2) is 3.32. The molecule has 1 aromatic rings. The average Bonchev–Trinajstić information content (AvgIpc) is 1.96. The van der Waals surface area contributed by atoms with Crippen molar-refractivity contribution < 1.29 is 4.74 Å². The Hall–Kier alpha value is -0.410. The Morgan fingerprint density at radius 2 is 2.18 bits per heavy atom. The van der Waals surface area contributed by atoms with E-state index in [4.69, 9.17) is 22.1 Å². The fourth-order valence-electron chi connectivity index (χ4n) is 0.730. The van der Waals surface area contributed by atoms with Crippen molar-refractivity contribution >= 4 is 33.2 Å². The molecule has 0 atom stereocenters. The molecule has 0 heterocycles. The maximum absolute atomic E-state index is 5.76. The molecule has 2 N–H and O–H groups in total. The summed E-state index contributed by atoms with van der Waals surface area (Å²) in [6.45, 7) is 0. The van der Waals surface area contributed by atoms with Crippen LogP contribution in [0.2, 0.25) is 5.02 Å². The molecule has 0 saturated heterocycles. The van der Waals surface area contributed by atoms with Gasteiger partial charge in [-0.25, -0.2) is 0 Å². The number of benzene rings is 1. The smallest absolute Gasteiger partial charge is 0.144 e. The summed E-state index contributed by atoms with van der Waals surface area (Å²) in [5.74, 6) is 0.587. The summed E-state index contributed by atoms with van der Waals surface area (Å²) in [5.41, 5.74) is 6.05. The van der Waals surface area contributed by atoms with Gasteiger partial charge in [-0.05, 0) is 12.1 Å². The summed E-state index contributed by atoms with van der Waals surface area (Å²) in [5, 5.41) is 0.497. The van der Waals surface area contributed by atoms with Crippen molar-refractivity contribution in [1.29, 1.82) is 0 Å². The Labute approximate surface area is 78.4 Å². The number of halogens is 2. The van der Waals surface area contributed by atoms with Crippen LogP contribution in [0.3, 0.4) is 0 Å². The quantitative estimate of drug-likeness (QED) is 0.761. The molecule has 1 aromatic carbocycles. The van der Waals surface area contributed by atoms with Crippen LogP contribution in [0.1, 0.15) is 0 Å². The highest BCUT2D eigenvalue weighted by molar-refractivity contribution is 9.10. The van der Waals surface area contributed by atoms with Gasteiger partial charge in [-0.2, -0.15) is 0 Å². The van der Waals surface area contributed by atoms with Gasteiger partial charge in [0.1, 0.15) is 5.75 Å². The van der Waals surface area contributed by atoms with Crippen molar-refractivity contribution in [3.63, 3.8) is 0 Å². The molecule has 0 aromatic heterocycles. The Balaban J connectivity index is 3.24. The number of methoxy groups -OCH3 is 1. The van der Waals surface area contributed by atoms with Crippen LogP contribution in [-0.4, -0.2) is 7.11 Å². The van der Waals surface area contributed by atoms with Gasteiger partial charge in [-0.3, -0.25) is 0 Å². The van der Waals surface area contributed by atoms with Crippen LogP contribution in [0.25, 0.3) is 0 Å². The number of ether oxygens (including phenoxy) is 1. The predicted molar refractivity (Wildman–Crippen MR) is 50.1 cm³/mol. The van der Waals surface area contributed by atoms with Crippen LogP contribution in [0.15, 0.2) is 16.6 Å². The van der Waals surface area contributed by atoms with Crippen LogP contribution in [-0.2, 0) is 0 Å². The first kappa shape index (κ1) is 8.68. The molecular formula is C7H7BrClNO. The third-order valence-corrected chi connectivity index (χ3v) is 2.05. The van der Waals surface area contributed by atoms with E-state index < -0.39 is 0 Å². The second-order valence-electron chi connectivity index (χ2n) is 2.00. The highest BCUT2D eigenvalue weighted by atomic mass is 79.9. The Kier molecular flexibility index (Phi) is 2.62. The Morgan fingerprint density at radius 1 is 1.55 bits per heavy atom. The van der Waals surface area contributed by atoms with Crippen LogP contribution in [0, 0.1) is 0 Å². The molecule has 0 aliphatic carbocycles. The van der Waals surface area contributed by atoms with Crippen molar-refractivity contribution in [3.05, 3.63) is 21.6 Å². The number of hydrogen-bond donors (Lipinski definition) is 1. The van der Waals surface area contributed by atoms with E-state index in [9.17, 15) is 0 Å². The zero-order valence-corrected chi connectivity index (χ0v) is 8.24. The first-order valence-electron chi connectivity index (χ1n) is 2.93. The first-order valence-corrected chi connectivity index (χ1v) is 4.10. The maximum Gasteiger partial charge on any atom is 0.144 e. The number of rotatable bonds is 1. The van der Waals surface area contributed by atoms with Gasteiger partial charge < -0.3 is 10.5 Å². The van der Waals surface area contributed by atoms with Crippen molar-refractivity contribution in [2.75, 3.05) is 12.8 Å². The molecule has 0 fully saturated rings. The van der Waals surface area contributed by atoms with E-state index in [0.29, 0.717) is 16.5 Å². The summed E-state index contributed by atoms with van der Waals surface area (Å²) >= 11 is 9.03. The molecule has 1 rings (SSSR count). The lowest BCUT2D eigenvalue weighted by molar-refractivity contribution is 0.417. The van der Waals surface area contributed by atoms with Gasteiger partial charge in [0.15, 0.2) is 0 Å². The molecule has 0 aliphatic heterocycles. The summed E-state index contributed by atoms with van der Waals surface area (Å²) in [6, 6.07) is 3.49. The lowest BCUT2D eigenvalue weighted by Crippen LogP contribution is -1.92. The predicted octanol–water partition coefficient (Wildman–Crippen LogP) is 2.69. The van der Waals surface area contributed by atoms with Crippen LogP contribution in [0.5, 0.6) is 5.75 Å².